The van der Waals surface area contributed by atoms with Crippen molar-refractivity contribution in [3.05, 3.63) is 99.5 Å². The summed E-state index contributed by atoms with van der Waals surface area (Å²) in [6.45, 7) is 1.97. The van der Waals surface area contributed by atoms with Crippen LogP contribution in [0.4, 0.5) is 0 Å². The van der Waals surface area contributed by atoms with E-state index in [2.05, 4.69) is 10.3 Å². The molecule has 0 bridgehead atoms. The SMILES string of the molecule is CCOC(=O)C(N)(C(=O)c1cscn1)c1ccc2c(C(=O)NCc3ccc(C(=N)N)cc3)cccc2c1. The summed E-state index contributed by atoms with van der Waals surface area (Å²) >= 11 is 1.22. The third kappa shape index (κ3) is 5.11. The van der Waals surface area contributed by atoms with Crippen molar-refractivity contribution >= 4 is 45.6 Å². The van der Waals surface area contributed by atoms with Crippen molar-refractivity contribution in [1.29, 1.82) is 5.41 Å². The summed E-state index contributed by atoms with van der Waals surface area (Å²) in [5.74, 6) is -1.87. The smallest absolute Gasteiger partial charge is 0.339 e. The van der Waals surface area contributed by atoms with Crippen LogP contribution in [0.1, 0.15) is 44.5 Å². The number of nitrogens with zero attached hydrogens (tertiary/aromatic N) is 1. The minimum absolute atomic E-state index is 0.0246. The second-order valence-electron chi connectivity index (χ2n) is 8.27. The third-order valence-electron chi connectivity index (χ3n) is 5.92. The number of carbonyl (C=O) groups is 3. The second-order valence-corrected chi connectivity index (χ2v) is 8.98. The van der Waals surface area contributed by atoms with Gasteiger partial charge in [0.05, 0.1) is 12.1 Å². The van der Waals surface area contributed by atoms with Crippen LogP contribution in [-0.2, 0) is 21.6 Å². The maximum atomic E-state index is 13.3. The minimum Gasteiger partial charge on any atom is -0.464 e. The zero-order chi connectivity index (χ0) is 26.6. The number of hydrogen-bond acceptors (Lipinski definition) is 8. The Bertz CT molecular complexity index is 1480. The number of carbonyl (C=O) groups excluding carboxylic acids is 3. The van der Waals surface area contributed by atoms with Gasteiger partial charge in [-0.25, -0.2) is 9.78 Å². The zero-order valence-electron chi connectivity index (χ0n) is 20.0. The molecule has 1 unspecified atom stereocenters. The first-order valence-electron chi connectivity index (χ1n) is 11.4. The van der Waals surface area contributed by atoms with E-state index in [0.717, 1.165) is 5.56 Å². The molecule has 4 rings (SSSR count). The maximum Gasteiger partial charge on any atom is 0.339 e. The zero-order valence-corrected chi connectivity index (χ0v) is 20.8. The lowest BCUT2D eigenvalue weighted by Gasteiger charge is -2.26. The van der Waals surface area contributed by atoms with Gasteiger partial charge in [0, 0.05) is 23.1 Å². The summed E-state index contributed by atoms with van der Waals surface area (Å²) < 4.78 is 5.16. The molecule has 0 fully saturated rings. The Morgan fingerprint density at radius 2 is 1.86 bits per heavy atom. The van der Waals surface area contributed by atoms with E-state index in [4.69, 9.17) is 21.6 Å². The van der Waals surface area contributed by atoms with E-state index in [1.54, 1.807) is 67.6 Å². The molecule has 10 heteroatoms. The average molecular weight is 516 g/mol. The standard InChI is InChI=1S/C27H25N5O4S/c1-2-36-26(35)27(30,23(33)22-14-37-15-32-22)19-10-11-20-18(12-19)4-3-5-21(20)25(34)31-13-16-6-8-17(9-7-16)24(28)29/h3-12,14-15H,2,13,30H2,1H3,(H3,28,29)(H,31,34). The Balaban J connectivity index is 1.64. The number of nitrogens with one attached hydrogen (secondary N) is 2. The number of nitrogens with two attached hydrogens (primary N) is 2. The molecule has 0 spiro atoms. The first kappa shape index (κ1) is 25.7. The van der Waals surface area contributed by atoms with Gasteiger partial charge in [-0.05, 0) is 41.0 Å². The van der Waals surface area contributed by atoms with Crippen molar-refractivity contribution in [2.24, 2.45) is 11.5 Å². The third-order valence-corrected chi connectivity index (χ3v) is 6.51. The molecule has 0 aliphatic rings. The van der Waals surface area contributed by atoms with Crippen LogP contribution < -0.4 is 16.8 Å². The molecule has 0 radical (unpaired) electrons. The highest BCUT2D eigenvalue weighted by Crippen LogP contribution is 2.29. The fourth-order valence-corrected chi connectivity index (χ4v) is 4.45. The molecule has 37 heavy (non-hydrogen) atoms. The summed E-state index contributed by atoms with van der Waals surface area (Å²) in [5.41, 5.74) is 13.5. The van der Waals surface area contributed by atoms with Crippen LogP contribution >= 0.6 is 11.3 Å². The van der Waals surface area contributed by atoms with Crippen molar-refractivity contribution in [1.82, 2.24) is 10.3 Å². The molecule has 3 aromatic carbocycles. The molecule has 1 heterocycles. The van der Waals surface area contributed by atoms with Crippen LogP contribution in [-0.4, -0.2) is 35.1 Å². The summed E-state index contributed by atoms with van der Waals surface area (Å²) in [6, 6.07) is 17.0. The van der Waals surface area contributed by atoms with Gasteiger partial charge in [0.15, 0.2) is 0 Å². The van der Waals surface area contributed by atoms with Gasteiger partial charge < -0.3 is 21.5 Å². The van der Waals surface area contributed by atoms with E-state index in [1.165, 1.54) is 22.2 Å². The van der Waals surface area contributed by atoms with Crippen LogP contribution in [0.5, 0.6) is 0 Å². The van der Waals surface area contributed by atoms with Crippen molar-refractivity contribution in [2.75, 3.05) is 6.61 Å². The number of rotatable bonds is 9. The average Bonchev–Trinajstić information content (AvgIpc) is 3.45. The number of nitrogen functional groups attached to an aromatic ring is 1. The van der Waals surface area contributed by atoms with Crippen LogP contribution in [0, 0.1) is 5.41 Å². The monoisotopic (exact) mass is 515 g/mol. The molecule has 0 aliphatic heterocycles. The van der Waals surface area contributed by atoms with Gasteiger partial charge in [-0.2, -0.15) is 0 Å². The first-order valence-corrected chi connectivity index (χ1v) is 12.3. The van der Waals surface area contributed by atoms with Crippen molar-refractivity contribution in [3.8, 4) is 0 Å². The second kappa shape index (κ2) is 10.7. The van der Waals surface area contributed by atoms with Crippen LogP contribution in [0.2, 0.25) is 0 Å². The number of ether oxygens (including phenoxy) is 1. The van der Waals surface area contributed by atoms with Crippen molar-refractivity contribution in [3.63, 3.8) is 0 Å². The molecule has 188 valence electrons. The molecule has 6 N–H and O–H groups in total. The highest BCUT2D eigenvalue weighted by Gasteiger charge is 2.46. The predicted octanol–water partition coefficient (Wildman–Crippen LogP) is 3.11. The number of ketones is 1. The van der Waals surface area contributed by atoms with E-state index in [9.17, 15) is 14.4 Å². The number of fused-ring (bicyclic) bond motifs is 1. The number of amides is 1. The highest BCUT2D eigenvalue weighted by atomic mass is 32.1. The fourth-order valence-electron chi connectivity index (χ4n) is 3.92. The molecular weight excluding hydrogens is 490 g/mol. The molecule has 9 nitrogen and oxygen atoms in total. The number of hydrogen-bond donors (Lipinski definition) is 4. The molecular formula is C27H25N5O4S. The van der Waals surface area contributed by atoms with Gasteiger partial charge in [0.1, 0.15) is 11.5 Å². The lowest BCUT2D eigenvalue weighted by atomic mass is 9.84. The van der Waals surface area contributed by atoms with Crippen molar-refractivity contribution < 1.29 is 19.1 Å². The predicted molar refractivity (Wildman–Crippen MR) is 142 cm³/mol. The Hall–Kier alpha value is -4.41. The summed E-state index contributed by atoms with van der Waals surface area (Å²) in [4.78, 5) is 43.2. The van der Waals surface area contributed by atoms with E-state index in [-0.39, 0.29) is 36.2 Å². The topological polar surface area (TPSA) is 161 Å². The van der Waals surface area contributed by atoms with Crippen LogP contribution in [0.25, 0.3) is 10.8 Å². The first-order chi connectivity index (χ1) is 17.8. The maximum absolute atomic E-state index is 13.3. The molecule has 0 aliphatic carbocycles. The summed E-state index contributed by atoms with van der Waals surface area (Å²) in [7, 11) is 0. The van der Waals surface area contributed by atoms with E-state index >= 15 is 0 Å². The number of thiazole rings is 1. The molecule has 1 amide bonds. The van der Waals surface area contributed by atoms with E-state index < -0.39 is 17.3 Å². The summed E-state index contributed by atoms with van der Waals surface area (Å²) in [5, 5.41) is 13.1. The molecule has 0 saturated heterocycles. The number of aromatic nitrogens is 1. The number of benzene rings is 3. The molecule has 1 atom stereocenters. The van der Waals surface area contributed by atoms with Gasteiger partial charge >= 0.3 is 5.97 Å². The fraction of sp³-hybridized carbons (Fsp3) is 0.148. The Labute approximate surface area is 217 Å². The van der Waals surface area contributed by atoms with Gasteiger partial charge in [-0.1, -0.05) is 48.5 Å². The minimum atomic E-state index is -2.09. The van der Waals surface area contributed by atoms with E-state index in [1.807, 2.05) is 0 Å². The van der Waals surface area contributed by atoms with Crippen LogP contribution in [0.15, 0.2) is 71.6 Å². The highest BCUT2D eigenvalue weighted by molar-refractivity contribution is 7.07. The molecule has 0 saturated carbocycles. The Morgan fingerprint density at radius 3 is 2.51 bits per heavy atom. The molecule has 4 aromatic rings. The number of esters is 1. The Kier molecular flexibility index (Phi) is 7.42. The van der Waals surface area contributed by atoms with E-state index in [0.29, 0.717) is 21.9 Å². The van der Waals surface area contributed by atoms with Crippen LogP contribution in [0.3, 0.4) is 0 Å². The van der Waals surface area contributed by atoms with Gasteiger partial charge in [-0.3, -0.25) is 15.0 Å². The Morgan fingerprint density at radius 1 is 1.11 bits per heavy atom. The number of amidine groups is 1. The van der Waals surface area contributed by atoms with Gasteiger partial charge in [0.25, 0.3) is 5.91 Å². The quantitative estimate of drug-likeness (QED) is 0.0875. The van der Waals surface area contributed by atoms with Crippen molar-refractivity contribution in [2.45, 2.75) is 19.0 Å². The lowest BCUT2D eigenvalue weighted by Crippen LogP contribution is -2.53. The largest absolute Gasteiger partial charge is 0.464 e. The normalized spacial score (nSPS) is 12.5. The lowest BCUT2D eigenvalue weighted by molar-refractivity contribution is -0.147. The number of Topliss-reactive ketones (excluding diaryl/α,β-unsaturated/α-hetero) is 1. The van der Waals surface area contributed by atoms with Gasteiger partial charge in [-0.15, -0.1) is 11.3 Å². The summed E-state index contributed by atoms with van der Waals surface area (Å²) in [6.07, 6.45) is 0. The van der Waals surface area contributed by atoms with Gasteiger partial charge in [0.2, 0.25) is 11.3 Å². The molecule has 1 aromatic heterocycles.